The van der Waals surface area contributed by atoms with Crippen molar-refractivity contribution in [3.05, 3.63) is 34.9 Å². The van der Waals surface area contributed by atoms with Crippen LogP contribution in [-0.2, 0) is 11.2 Å². The summed E-state index contributed by atoms with van der Waals surface area (Å²) in [5, 5.41) is 3.60. The molecule has 1 atom stereocenters. The van der Waals surface area contributed by atoms with Crippen LogP contribution in [0.3, 0.4) is 0 Å². The van der Waals surface area contributed by atoms with Gasteiger partial charge in [0.15, 0.2) is 0 Å². The lowest BCUT2D eigenvalue weighted by atomic mass is 9.99. The Hall–Kier alpha value is -0.860. The van der Waals surface area contributed by atoms with E-state index < -0.39 is 0 Å². The molecule has 0 saturated carbocycles. The van der Waals surface area contributed by atoms with Crippen molar-refractivity contribution in [1.29, 1.82) is 0 Å². The maximum absolute atomic E-state index is 5.72. The molecular weight excluding hydrogens is 234 g/mol. The number of benzene rings is 1. The standard InChI is InChI=1S/C17H29NO/c1-5-9-18-17(13-19-10-6-2)12-16-11-14(3)7-8-15(16)4/h7-8,11,17-18H,5-6,9-10,12-13H2,1-4H3. The van der Waals surface area contributed by atoms with Crippen molar-refractivity contribution in [2.24, 2.45) is 0 Å². The summed E-state index contributed by atoms with van der Waals surface area (Å²) in [6, 6.07) is 7.12. The zero-order chi connectivity index (χ0) is 14.1. The summed E-state index contributed by atoms with van der Waals surface area (Å²) in [6.45, 7) is 11.4. The lowest BCUT2D eigenvalue weighted by Crippen LogP contribution is -2.36. The molecule has 1 aromatic carbocycles. The van der Waals surface area contributed by atoms with Crippen LogP contribution in [0.25, 0.3) is 0 Å². The van der Waals surface area contributed by atoms with Gasteiger partial charge in [0.05, 0.1) is 6.61 Å². The molecule has 1 aromatic rings. The maximum Gasteiger partial charge on any atom is 0.0622 e. The summed E-state index contributed by atoms with van der Waals surface area (Å²) < 4.78 is 5.72. The van der Waals surface area contributed by atoms with Crippen molar-refractivity contribution in [1.82, 2.24) is 5.32 Å². The predicted octanol–water partition coefficient (Wildman–Crippen LogP) is 3.64. The number of ether oxygens (including phenoxy) is 1. The molecule has 0 bridgehead atoms. The molecule has 0 aliphatic heterocycles. The molecule has 0 aliphatic rings. The second-order valence-corrected chi connectivity index (χ2v) is 5.36. The van der Waals surface area contributed by atoms with Gasteiger partial charge in [0.25, 0.3) is 0 Å². The van der Waals surface area contributed by atoms with Crippen LogP contribution in [0.1, 0.15) is 43.4 Å². The Kier molecular flexibility index (Phi) is 7.76. The SMILES string of the molecule is CCCNC(COCCC)Cc1cc(C)ccc1C. The summed E-state index contributed by atoms with van der Waals surface area (Å²) in [5.74, 6) is 0. The summed E-state index contributed by atoms with van der Waals surface area (Å²) in [6.07, 6.45) is 3.30. The fourth-order valence-electron chi connectivity index (χ4n) is 2.19. The molecule has 0 fully saturated rings. The fourth-order valence-corrected chi connectivity index (χ4v) is 2.19. The molecule has 0 heterocycles. The van der Waals surface area contributed by atoms with Crippen LogP contribution in [0.5, 0.6) is 0 Å². The Morgan fingerprint density at radius 3 is 2.63 bits per heavy atom. The number of rotatable bonds is 9. The minimum atomic E-state index is 0.423. The van der Waals surface area contributed by atoms with E-state index in [2.05, 4.69) is 51.2 Å². The van der Waals surface area contributed by atoms with Crippen LogP contribution in [0.15, 0.2) is 18.2 Å². The van der Waals surface area contributed by atoms with Gasteiger partial charge in [-0.25, -0.2) is 0 Å². The molecule has 0 aliphatic carbocycles. The number of aryl methyl sites for hydroxylation is 2. The zero-order valence-electron chi connectivity index (χ0n) is 13.0. The molecule has 2 nitrogen and oxygen atoms in total. The first-order valence-electron chi connectivity index (χ1n) is 7.54. The summed E-state index contributed by atoms with van der Waals surface area (Å²) >= 11 is 0. The molecule has 0 radical (unpaired) electrons. The summed E-state index contributed by atoms with van der Waals surface area (Å²) in [4.78, 5) is 0. The normalized spacial score (nSPS) is 12.6. The van der Waals surface area contributed by atoms with Crippen molar-refractivity contribution >= 4 is 0 Å². The average Bonchev–Trinajstić information content (AvgIpc) is 2.40. The first-order valence-corrected chi connectivity index (χ1v) is 7.54. The zero-order valence-corrected chi connectivity index (χ0v) is 13.0. The van der Waals surface area contributed by atoms with Gasteiger partial charge in [-0.05, 0) is 50.8 Å². The van der Waals surface area contributed by atoms with E-state index in [1.54, 1.807) is 0 Å². The molecule has 2 heteroatoms. The molecule has 0 amide bonds. The Labute approximate surface area is 118 Å². The van der Waals surface area contributed by atoms with E-state index in [4.69, 9.17) is 4.74 Å². The van der Waals surface area contributed by atoms with Gasteiger partial charge in [0, 0.05) is 12.6 Å². The highest BCUT2D eigenvalue weighted by Gasteiger charge is 2.10. The second-order valence-electron chi connectivity index (χ2n) is 5.36. The summed E-state index contributed by atoms with van der Waals surface area (Å²) in [7, 11) is 0. The minimum Gasteiger partial charge on any atom is -0.380 e. The van der Waals surface area contributed by atoms with Crippen molar-refractivity contribution in [2.45, 2.75) is 53.0 Å². The third kappa shape index (κ3) is 6.22. The van der Waals surface area contributed by atoms with Gasteiger partial charge in [-0.3, -0.25) is 0 Å². The van der Waals surface area contributed by atoms with Gasteiger partial charge in [-0.2, -0.15) is 0 Å². The third-order valence-corrected chi connectivity index (χ3v) is 3.32. The van der Waals surface area contributed by atoms with E-state index in [-0.39, 0.29) is 0 Å². The number of hydrogen-bond acceptors (Lipinski definition) is 2. The first-order chi connectivity index (χ1) is 9.17. The lowest BCUT2D eigenvalue weighted by Gasteiger charge is -2.20. The highest BCUT2D eigenvalue weighted by Crippen LogP contribution is 2.13. The summed E-state index contributed by atoms with van der Waals surface area (Å²) in [5.41, 5.74) is 4.16. The molecule has 0 aromatic heterocycles. The largest absolute Gasteiger partial charge is 0.380 e. The highest BCUT2D eigenvalue weighted by molar-refractivity contribution is 5.31. The van der Waals surface area contributed by atoms with E-state index in [1.807, 2.05) is 0 Å². The van der Waals surface area contributed by atoms with Crippen LogP contribution in [0.4, 0.5) is 0 Å². The molecule has 1 unspecified atom stereocenters. The Bertz CT molecular complexity index is 362. The second kappa shape index (κ2) is 9.11. The quantitative estimate of drug-likeness (QED) is 0.687. The van der Waals surface area contributed by atoms with Crippen molar-refractivity contribution in [3.63, 3.8) is 0 Å². The smallest absolute Gasteiger partial charge is 0.0622 e. The molecule has 0 saturated heterocycles. The van der Waals surface area contributed by atoms with Crippen LogP contribution < -0.4 is 5.32 Å². The lowest BCUT2D eigenvalue weighted by molar-refractivity contribution is 0.111. The average molecular weight is 263 g/mol. The fraction of sp³-hybridized carbons (Fsp3) is 0.647. The van der Waals surface area contributed by atoms with Crippen molar-refractivity contribution in [2.75, 3.05) is 19.8 Å². The van der Waals surface area contributed by atoms with Crippen LogP contribution in [0.2, 0.25) is 0 Å². The van der Waals surface area contributed by atoms with E-state index in [0.29, 0.717) is 6.04 Å². The van der Waals surface area contributed by atoms with E-state index >= 15 is 0 Å². The van der Waals surface area contributed by atoms with Gasteiger partial charge < -0.3 is 10.1 Å². The van der Waals surface area contributed by atoms with Crippen LogP contribution in [0, 0.1) is 13.8 Å². The number of hydrogen-bond donors (Lipinski definition) is 1. The van der Waals surface area contributed by atoms with Gasteiger partial charge >= 0.3 is 0 Å². The maximum atomic E-state index is 5.72. The number of nitrogens with one attached hydrogen (secondary N) is 1. The monoisotopic (exact) mass is 263 g/mol. The van der Waals surface area contributed by atoms with Crippen LogP contribution >= 0.6 is 0 Å². The Morgan fingerprint density at radius 2 is 1.95 bits per heavy atom. The van der Waals surface area contributed by atoms with Crippen molar-refractivity contribution < 1.29 is 4.74 Å². The van der Waals surface area contributed by atoms with Crippen molar-refractivity contribution in [3.8, 4) is 0 Å². The third-order valence-electron chi connectivity index (χ3n) is 3.32. The highest BCUT2D eigenvalue weighted by atomic mass is 16.5. The topological polar surface area (TPSA) is 21.3 Å². The molecular formula is C17H29NO. The van der Waals surface area contributed by atoms with Gasteiger partial charge in [0.1, 0.15) is 0 Å². The Morgan fingerprint density at radius 1 is 1.16 bits per heavy atom. The van der Waals surface area contributed by atoms with E-state index in [1.165, 1.54) is 16.7 Å². The van der Waals surface area contributed by atoms with Gasteiger partial charge in [-0.1, -0.05) is 37.6 Å². The minimum absolute atomic E-state index is 0.423. The first kappa shape index (κ1) is 16.2. The van der Waals surface area contributed by atoms with Gasteiger partial charge in [-0.15, -0.1) is 0 Å². The molecule has 108 valence electrons. The molecule has 1 rings (SSSR count). The Balaban J connectivity index is 2.61. The molecule has 1 N–H and O–H groups in total. The van der Waals surface area contributed by atoms with E-state index in [9.17, 15) is 0 Å². The van der Waals surface area contributed by atoms with Crippen LogP contribution in [-0.4, -0.2) is 25.8 Å². The predicted molar refractivity (Wildman–Crippen MR) is 82.8 cm³/mol. The molecule has 0 spiro atoms. The molecule has 19 heavy (non-hydrogen) atoms. The van der Waals surface area contributed by atoms with E-state index in [0.717, 1.165) is 39.0 Å². The van der Waals surface area contributed by atoms with Gasteiger partial charge in [0.2, 0.25) is 0 Å².